The second kappa shape index (κ2) is 13.6. The minimum absolute atomic E-state index is 0.668. The molecule has 0 aromatic heterocycles. The molecule has 1 aromatic carbocycles. The molecule has 2 saturated heterocycles. The van der Waals surface area contributed by atoms with Gasteiger partial charge in [-0.15, -0.1) is 11.8 Å². The van der Waals surface area contributed by atoms with Crippen LogP contribution >= 0.6 is 11.8 Å². The van der Waals surface area contributed by atoms with E-state index in [2.05, 4.69) is 48.0 Å². The second-order valence-electron chi connectivity index (χ2n) is 7.58. The molecule has 0 amide bonds. The third kappa shape index (κ3) is 8.17. The van der Waals surface area contributed by atoms with E-state index in [1.54, 1.807) is 0 Å². The molecule has 0 unspecified atom stereocenters. The van der Waals surface area contributed by atoms with E-state index in [1.807, 2.05) is 39.5 Å². The number of piperidine rings is 2. The molecule has 2 aliphatic heterocycles. The maximum absolute atomic E-state index is 2.67. The fourth-order valence-corrected chi connectivity index (χ4v) is 4.84. The summed E-state index contributed by atoms with van der Waals surface area (Å²) in [6, 6.07) is 9.19. The van der Waals surface area contributed by atoms with Crippen LogP contribution in [-0.4, -0.2) is 48.8 Å². The highest BCUT2D eigenvalue weighted by Gasteiger charge is 2.36. The molecular formula is C24H44N2S. The van der Waals surface area contributed by atoms with E-state index in [9.17, 15) is 0 Å². The Kier molecular flexibility index (Phi) is 12.4. The third-order valence-electron chi connectivity index (χ3n) is 5.74. The van der Waals surface area contributed by atoms with Gasteiger partial charge in [0.1, 0.15) is 0 Å². The summed E-state index contributed by atoms with van der Waals surface area (Å²) in [6.07, 6.45) is 6.90. The highest BCUT2D eigenvalue weighted by molar-refractivity contribution is 7.99. The maximum Gasteiger partial charge on any atom is 0.0234 e. The van der Waals surface area contributed by atoms with Gasteiger partial charge in [-0.3, -0.25) is 4.90 Å². The van der Waals surface area contributed by atoms with Crippen molar-refractivity contribution in [2.75, 3.05) is 39.0 Å². The lowest BCUT2D eigenvalue weighted by atomic mass is 9.71. The first-order valence-electron chi connectivity index (χ1n) is 11.3. The third-order valence-corrected chi connectivity index (χ3v) is 6.94. The first-order chi connectivity index (χ1) is 13.2. The fourth-order valence-electron chi connectivity index (χ4n) is 3.99. The van der Waals surface area contributed by atoms with Crippen molar-refractivity contribution in [3.63, 3.8) is 0 Å². The van der Waals surface area contributed by atoms with Crippen molar-refractivity contribution in [1.82, 2.24) is 9.80 Å². The molecule has 0 aliphatic carbocycles. The molecule has 0 atom stereocenters. The minimum Gasteiger partial charge on any atom is -0.306 e. The van der Waals surface area contributed by atoms with Gasteiger partial charge in [0, 0.05) is 11.4 Å². The van der Waals surface area contributed by atoms with Gasteiger partial charge in [0.25, 0.3) is 0 Å². The Balaban J connectivity index is 0.000000855. The summed E-state index contributed by atoms with van der Waals surface area (Å²) < 4.78 is 0. The molecule has 1 aromatic rings. The van der Waals surface area contributed by atoms with Gasteiger partial charge in [0.05, 0.1) is 0 Å². The molecule has 156 valence electrons. The average molecular weight is 393 g/mol. The number of nitrogens with zero attached hydrogens (tertiary/aromatic N) is 2. The van der Waals surface area contributed by atoms with Crippen LogP contribution in [-0.2, 0) is 6.54 Å². The van der Waals surface area contributed by atoms with Gasteiger partial charge in [-0.2, -0.15) is 0 Å². The first-order valence-corrected chi connectivity index (χ1v) is 12.3. The Morgan fingerprint density at radius 2 is 1.52 bits per heavy atom. The normalized spacial score (nSPS) is 19.6. The lowest BCUT2D eigenvalue weighted by Gasteiger charge is -2.46. The molecule has 0 radical (unpaired) electrons. The first kappa shape index (κ1) is 24.5. The van der Waals surface area contributed by atoms with Crippen LogP contribution in [0.4, 0.5) is 0 Å². The molecule has 27 heavy (non-hydrogen) atoms. The van der Waals surface area contributed by atoms with Crippen LogP contribution < -0.4 is 0 Å². The zero-order chi connectivity index (χ0) is 20.1. The summed E-state index contributed by atoms with van der Waals surface area (Å²) >= 11 is 1.99. The molecular weight excluding hydrogens is 348 g/mol. The fraction of sp³-hybridized carbons (Fsp3) is 0.750. The molecule has 1 spiro atoms. The molecule has 0 saturated carbocycles. The van der Waals surface area contributed by atoms with Crippen molar-refractivity contribution in [3.8, 4) is 0 Å². The molecule has 2 fully saturated rings. The van der Waals surface area contributed by atoms with E-state index in [4.69, 9.17) is 0 Å². The summed E-state index contributed by atoms with van der Waals surface area (Å²) in [4.78, 5) is 6.61. The van der Waals surface area contributed by atoms with Crippen molar-refractivity contribution >= 4 is 11.8 Å². The van der Waals surface area contributed by atoms with Gasteiger partial charge in [0.15, 0.2) is 0 Å². The van der Waals surface area contributed by atoms with E-state index < -0.39 is 0 Å². The Labute approximate surface area is 174 Å². The van der Waals surface area contributed by atoms with E-state index in [0.29, 0.717) is 5.41 Å². The lowest BCUT2D eigenvalue weighted by Crippen LogP contribution is -2.45. The van der Waals surface area contributed by atoms with Crippen LogP contribution in [0.2, 0.25) is 0 Å². The number of benzene rings is 1. The maximum atomic E-state index is 2.67. The number of rotatable bonds is 5. The van der Waals surface area contributed by atoms with Gasteiger partial charge >= 0.3 is 0 Å². The van der Waals surface area contributed by atoms with E-state index in [1.165, 1.54) is 74.5 Å². The topological polar surface area (TPSA) is 6.48 Å². The number of likely N-dealkylation sites (tertiary alicyclic amines) is 2. The Hall–Kier alpha value is -0.510. The Morgan fingerprint density at radius 1 is 0.926 bits per heavy atom. The van der Waals surface area contributed by atoms with Crippen LogP contribution in [0.1, 0.15) is 72.3 Å². The van der Waals surface area contributed by atoms with Gasteiger partial charge in [-0.1, -0.05) is 46.8 Å². The number of hydrogen-bond acceptors (Lipinski definition) is 3. The zero-order valence-corrected chi connectivity index (χ0v) is 19.7. The number of hydrogen-bond donors (Lipinski definition) is 0. The second-order valence-corrected chi connectivity index (χ2v) is 8.74. The molecule has 3 rings (SSSR count). The van der Waals surface area contributed by atoms with Crippen LogP contribution in [0.25, 0.3) is 0 Å². The highest BCUT2D eigenvalue weighted by atomic mass is 32.2. The molecule has 0 bridgehead atoms. The minimum atomic E-state index is 0.668. The van der Waals surface area contributed by atoms with Crippen molar-refractivity contribution in [2.24, 2.45) is 5.41 Å². The van der Waals surface area contributed by atoms with Gasteiger partial charge < -0.3 is 4.90 Å². The molecule has 2 heterocycles. The van der Waals surface area contributed by atoms with E-state index in [0.717, 1.165) is 6.54 Å². The van der Waals surface area contributed by atoms with Crippen LogP contribution in [0.5, 0.6) is 0 Å². The molecule has 0 N–H and O–H groups in total. The van der Waals surface area contributed by atoms with Crippen LogP contribution in [0.3, 0.4) is 0 Å². The standard InChI is InChI=1S/C20H32N2S.2C2H6/c1-3-15-23-19-6-4-5-18(16-19)17-22-13-9-20(10-14-22)7-11-21(2)12-8-20;2*1-2/h4-6,16H,3,7-15,17H2,1-2H3;2*1-2H3. The van der Waals surface area contributed by atoms with Gasteiger partial charge in [0.2, 0.25) is 0 Å². The summed E-state index contributed by atoms with van der Waals surface area (Å²) in [5, 5.41) is 0. The molecule has 2 nitrogen and oxygen atoms in total. The summed E-state index contributed by atoms with van der Waals surface area (Å²) in [5.74, 6) is 1.23. The monoisotopic (exact) mass is 392 g/mol. The van der Waals surface area contributed by atoms with Crippen molar-refractivity contribution in [3.05, 3.63) is 29.8 Å². The molecule has 2 aliphatic rings. The Morgan fingerprint density at radius 3 is 2.11 bits per heavy atom. The van der Waals surface area contributed by atoms with E-state index >= 15 is 0 Å². The van der Waals surface area contributed by atoms with Crippen molar-refractivity contribution in [1.29, 1.82) is 0 Å². The van der Waals surface area contributed by atoms with Crippen LogP contribution in [0, 0.1) is 5.41 Å². The highest BCUT2D eigenvalue weighted by Crippen LogP contribution is 2.41. The van der Waals surface area contributed by atoms with Gasteiger partial charge in [-0.05, 0) is 94.2 Å². The summed E-state index contributed by atoms with van der Waals surface area (Å²) in [6.45, 7) is 16.6. The summed E-state index contributed by atoms with van der Waals surface area (Å²) in [5.41, 5.74) is 2.16. The molecule has 3 heteroatoms. The lowest BCUT2D eigenvalue weighted by molar-refractivity contribution is 0.0400. The average Bonchev–Trinajstić information content (AvgIpc) is 2.74. The predicted octanol–water partition coefficient (Wildman–Crippen LogP) is 6.55. The SMILES string of the molecule is CC.CC.CCCSc1cccc(CN2CCC3(CCN(C)CC3)CC2)c1. The largest absolute Gasteiger partial charge is 0.306 e. The number of thioether (sulfide) groups is 1. The van der Waals surface area contributed by atoms with E-state index in [-0.39, 0.29) is 0 Å². The van der Waals surface area contributed by atoms with Crippen molar-refractivity contribution in [2.45, 2.75) is 78.2 Å². The predicted molar refractivity (Wildman–Crippen MR) is 124 cm³/mol. The Bertz CT molecular complexity index is 485. The van der Waals surface area contributed by atoms with Gasteiger partial charge in [-0.25, -0.2) is 0 Å². The van der Waals surface area contributed by atoms with Crippen LogP contribution in [0.15, 0.2) is 29.2 Å². The summed E-state index contributed by atoms with van der Waals surface area (Å²) in [7, 11) is 2.27. The quantitative estimate of drug-likeness (QED) is 0.525. The zero-order valence-electron chi connectivity index (χ0n) is 18.9. The van der Waals surface area contributed by atoms with Crippen molar-refractivity contribution < 1.29 is 0 Å². The smallest absolute Gasteiger partial charge is 0.0234 e.